The van der Waals surface area contributed by atoms with Gasteiger partial charge in [-0.25, -0.2) is 0 Å². The van der Waals surface area contributed by atoms with E-state index in [2.05, 4.69) is 12.6 Å². The molecule has 14 heavy (non-hydrogen) atoms. The summed E-state index contributed by atoms with van der Waals surface area (Å²) in [5, 5.41) is 20.8. The van der Waals surface area contributed by atoms with Crippen LogP contribution in [0.1, 0.15) is 5.56 Å². The maximum atomic E-state index is 10.5. The molecule has 0 unspecified atom stereocenters. The Balaban J connectivity index is 3.27. The van der Waals surface area contributed by atoms with Crippen molar-refractivity contribution in [2.45, 2.75) is 5.75 Å². The molecule has 6 nitrogen and oxygen atoms in total. The van der Waals surface area contributed by atoms with E-state index in [1.54, 1.807) is 0 Å². The first-order valence-corrected chi connectivity index (χ1v) is 4.22. The Hall–Kier alpha value is -1.63. The Morgan fingerprint density at radius 2 is 1.86 bits per heavy atom. The fraction of sp³-hybridized carbons (Fsp3) is 0.143. The highest BCUT2D eigenvalue weighted by Gasteiger charge is 2.17. The SMILES string of the molecule is O=[N+]([O-])c1ccc(CS)c([N+](=O)[O-])c1. The first kappa shape index (κ1) is 10.5. The van der Waals surface area contributed by atoms with Crippen molar-refractivity contribution in [2.75, 3.05) is 0 Å². The summed E-state index contributed by atoms with van der Waals surface area (Å²) >= 11 is 3.89. The number of nitrogens with zero attached hydrogens (tertiary/aromatic N) is 2. The molecule has 7 heteroatoms. The highest BCUT2D eigenvalue weighted by Crippen LogP contribution is 2.25. The van der Waals surface area contributed by atoms with Crippen LogP contribution in [0.3, 0.4) is 0 Å². The van der Waals surface area contributed by atoms with Crippen molar-refractivity contribution in [2.24, 2.45) is 0 Å². The van der Waals surface area contributed by atoms with Gasteiger partial charge >= 0.3 is 0 Å². The van der Waals surface area contributed by atoms with Crippen molar-refractivity contribution in [3.63, 3.8) is 0 Å². The van der Waals surface area contributed by atoms with E-state index in [0.29, 0.717) is 5.56 Å². The third-order valence-electron chi connectivity index (χ3n) is 1.65. The zero-order valence-electron chi connectivity index (χ0n) is 6.91. The monoisotopic (exact) mass is 214 g/mol. The van der Waals surface area contributed by atoms with Crippen LogP contribution in [0.15, 0.2) is 18.2 Å². The summed E-state index contributed by atoms with van der Waals surface area (Å²) in [6, 6.07) is 3.49. The molecule has 1 aromatic rings. The minimum atomic E-state index is -0.671. The molecule has 0 spiro atoms. The predicted molar refractivity (Wildman–Crippen MR) is 52.4 cm³/mol. The second-order valence-corrected chi connectivity index (χ2v) is 2.80. The molecular weight excluding hydrogens is 208 g/mol. The van der Waals surface area contributed by atoms with Gasteiger partial charge in [0.2, 0.25) is 0 Å². The molecule has 0 aromatic heterocycles. The molecule has 0 fully saturated rings. The Bertz CT molecular complexity index is 393. The third-order valence-corrected chi connectivity index (χ3v) is 1.99. The van der Waals surface area contributed by atoms with Crippen LogP contribution in [0, 0.1) is 20.2 Å². The van der Waals surface area contributed by atoms with Gasteiger partial charge in [0.1, 0.15) is 0 Å². The van der Waals surface area contributed by atoms with Crippen molar-refractivity contribution >= 4 is 24.0 Å². The fourth-order valence-corrected chi connectivity index (χ4v) is 1.24. The minimum absolute atomic E-state index is 0.175. The van der Waals surface area contributed by atoms with Gasteiger partial charge < -0.3 is 0 Å². The summed E-state index contributed by atoms with van der Waals surface area (Å²) in [6.45, 7) is 0. The van der Waals surface area contributed by atoms with Gasteiger partial charge in [0.25, 0.3) is 11.4 Å². The lowest BCUT2D eigenvalue weighted by Crippen LogP contribution is -1.96. The Morgan fingerprint density at radius 3 is 2.29 bits per heavy atom. The molecule has 74 valence electrons. The van der Waals surface area contributed by atoms with E-state index >= 15 is 0 Å². The van der Waals surface area contributed by atoms with Crippen LogP contribution in [0.2, 0.25) is 0 Å². The highest BCUT2D eigenvalue weighted by atomic mass is 32.1. The largest absolute Gasteiger partial charge is 0.280 e. The average Bonchev–Trinajstić information content (AvgIpc) is 2.16. The molecule has 0 aliphatic heterocycles. The lowest BCUT2D eigenvalue weighted by atomic mass is 10.2. The van der Waals surface area contributed by atoms with E-state index in [9.17, 15) is 20.2 Å². The van der Waals surface area contributed by atoms with Crippen LogP contribution in [-0.4, -0.2) is 9.85 Å². The smallest absolute Gasteiger partial charge is 0.258 e. The van der Waals surface area contributed by atoms with Crippen LogP contribution >= 0.6 is 12.6 Å². The minimum Gasteiger partial charge on any atom is -0.258 e. The van der Waals surface area contributed by atoms with E-state index in [1.165, 1.54) is 12.1 Å². The second kappa shape index (κ2) is 4.05. The molecule has 0 atom stereocenters. The Labute approximate surface area is 84.3 Å². The van der Waals surface area contributed by atoms with Gasteiger partial charge in [0.15, 0.2) is 0 Å². The number of rotatable bonds is 3. The summed E-state index contributed by atoms with van der Waals surface area (Å²) in [4.78, 5) is 19.5. The standard InChI is InChI=1S/C7H6N2O4S/c10-8(11)6-2-1-5(4-14)7(3-6)9(12)13/h1-3,14H,4H2. The van der Waals surface area contributed by atoms with E-state index in [0.717, 1.165) is 6.07 Å². The van der Waals surface area contributed by atoms with E-state index in [-0.39, 0.29) is 17.1 Å². The molecule has 0 aliphatic rings. The first-order valence-electron chi connectivity index (χ1n) is 3.59. The van der Waals surface area contributed by atoms with Crippen molar-refractivity contribution in [3.8, 4) is 0 Å². The number of hydrogen-bond acceptors (Lipinski definition) is 5. The van der Waals surface area contributed by atoms with Gasteiger partial charge in [0.05, 0.1) is 15.9 Å². The predicted octanol–water partition coefficient (Wildman–Crippen LogP) is 1.93. The Kier molecular flexibility index (Phi) is 3.03. The maximum Gasteiger partial charge on any atom is 0.280 e. The van der Waals surface area contributed by atoms with Gasteiger partial charge in [-0.15, -0.1) is 0 Å². The number of thiol groups is 1. The number of hydrogen-bond donors (Lipinski definition) is 1. The van der Waals surface area contributed by atoms with Crippen LogP contribution in [0.5, 0.6) is 0 Å². The van der Waals surface area contributed by atoms with Gasteiger partial charge in [-0.3, -0.25) is 20.2 Å². The summed E-state index contributed by atoms with van der Waals surface area (Å²) in [5.41, 5.74) is -0.194. The number of nitro benzene ring substituents is 2. The van der Waals surface area contributed by atoms with Crippen LogP contribution in [-0.2, 0) is 5.75 Å². The van der Waals surface area contributed by atoms with Gasteiger partial charge in [0, 0.05) is 17.4 Å². The summed E-state index contributed by atoms with van der Waals surface area (Å²) in [5.74, 6) is 0.175. The molecule has 0 saturated heterocycles. The lowest BCUT2D eigenvalue weighted by Gasteiger charge is -1.98. The quantitative estimate of drug-likeness (QED) is 0.473. The molecule has 0 amide bonds. The summed E-state index contributed by atoms with van der Waals surface area (Å²) < 4.78 is 0. The first-order chi connectivity index (χ1) is 6.56. The molecular formula is C7H6N2O4S. The maximum absolute atomic E-state index is 10.5. The molecule has 0 aliphatic carbocycles. The van der Waals surface area contributed by atoms with Crippen LogP contribution < -0.4 is 0 Å². The summed E-state index contributed by atoms with van der Waals surface area (Å²) in [7, 11) is 0. The number of non-ortho nitro benzene ring substituents is 1. The van der Waals surface area contributed by atoms with E-state index in [1.807, 2.05) is 0 Å². The lowest BCUT2D eigenvalue weighted by molar-refractivity contribution is -0.394. The topological polar surface area (TPSA) is 86.3 Å². The van der Waals surface area contributed by atoms with Crippen molar-refractivity contribution in [1.29, 1.82) is 0 Å². The zero-order chi connectivity index (χ0) is 10.7. The molecule has 0 heterocycles. The molecule has 0 radical (unpaired) electrons. The van der Waals surface area contributed by atoms with Crippen molar-refractivity contribution in [1.82, 2.24) is 0 Å². The van der Waals surface area contributed by atoms with Gasteiger partial charge in [-0.05, 0) is 6.07 Å². The third kappa shape index (κ3) is 1.99. The second-order valence-electron chi connectivity index (χ2n) is 2.49. The molecule has 0 bridgehead atoms. The normalized spacial score (nSPS) is 9.79. The van der Waals surface area contributed by atoms with Gasteiger partial charge in [-0.1, -0.05) is 0 Å². The summed E-state index contributed by atoms with van der Waals surface area (Å²) in [6.07, 6.45) is 0. The fourth-order valence-electron chi connectivity index (χ4n) is 0.969. The van der Waals surface area contributed by atoms with Crippen molar-refractivity contribution < 1.29 is 9.85 Å². The van der Waals surface area contributed by atoms with Crippen LogP contribution in [0.25, 0.3) is 0 Å². The average molecular weight is 214 g/mol. The Morgan fingerprint density at radius 1 is 1.21 bits per heavy atom. The number of nitro groups is 2. The van der Waals surface area contributed by atoms with Crippen LogP contribution in [0.4, 0.5) is 11.4 Å². The van der Waals surface area contributed by atoms with Crippen molar-refractivity contribution in [3.05, 3.63) is 44.0 Å². The van der Waals surface area contributed by atoms with E-state index in [4.69, 9.17) is 0 Å². The zero-order valence-corrected chi connectivity index (χ0v) is 7.81. The van der Waals surface area contributed by atoms with E-state index < -0.39 is 9.85 Å². The molecule has 0 N–H and O–H groups in total. The van der Waals surface area contributed by atoms with Gasteiger partial charge in [-0.2, -0.15) is 12.6 Å². The molecule has 1 rings (SSSR count). The molecule has 0 saturated carbocycles. The molecule has 1 aromatic carbocycles. The number of benzene rings is 1. The highest BCUT2D eigenvalue weighted by molar-refractivity contribution is 7.79.